The number of fused-ring (bicyclic) bond motifs is 1. The van der Waals surface area contributed by atoms with Crippen molar-refractivity contribution in [1.82, 2.24) is 3.97 Å². The Morgan fingerprint density at radius 2 is 1.46 bits per heavy atom. The highest BCUT2D eigenvalue weighted by molar-refractivity contribution is 7.90. The molecule has 1 aliphatic rings. The first-order valence-corrected chi connectivity index (χ1v) is 9.77. The minimum absolute atomic E-state index is 0.316. The van der Waals surface area contributed by atoms with Crippen LogP contribution in [0.3, 0.4) is 0 Å². The molecule has 5 heteroatoms. The van der Waals surface area contributed by atoms with E-state index in [-0.39, 0.29) is 0 Å². The quantitative estimate of drug-likeness (QED) is 0.727. The van der Waals surface area contributed by atoms with Crippen molar-refractivity contribution in [2.75, 3.05) is 18.0 Å². The molecule has 0 amide bonds. The summed E-state index contributed by atoms with van der Waals surface area (Å²) in [6.07, 6.45) is 5.35. The Morgan fingerprint density at radius 3 is 2.21 bits per heavy atom. The molecule has 24 heavy (non-hydrogen) atoms. The summed E-state index contributed by atoms with van der Waals surface area (Å²) in [6, 6.07) is 16.4. The molecule has 0 radical (unpaired) electrons. The molecular weight excluding hydrogens is 320 g/mol. The average molecular weight is 340 g/mol. The van der Waals surface area contributed by atoms with E-state index in [9.17, 15) is 8.42 Å². The molecule has 0 aliphatic carbocycles. The zero-order chi connectivity index (χ0) is 16.6. The number of rotatable bonds is 3. The largest absolute Gasteiger partial charge is 0.370 e. The fraction of sp³-hybridized carbons (Fsp3) is 0.263. The van der Waals surface area contributed by atoms with Crippen LogP contribution in [0.5, 0.6) is 0 Å². The van der Waals surface area contributed by atoms with Crippen LogP contribution in [0.25, 0.3) is 10.9 Å². The van der Waals surface area contributed by atoms with E-state index in [0.717, 1.165) is 42.5 Å². The van der Waals surface area contributed by atoms with Crippen LogP contribution >= 0.6 is 0 Å². The lowest BCUT2D eigenvalue weighted by Crippen LogP contribution is -2.29. The summed E-state index contributed by atoms with van der Waals surface area (Å²) in [7, 11) is -3.59. The van der Waals surface area contributed by atoms with Crippen molar-refractivity contribution in [1.29, 1.82) is 0 Å². The molecule has 0 spiro atoms. The number of aromatic nitrogens is 1. The monoisotopic (exact) mass is 340 g/mol. The number of para-hydroxylation sites is 1. The van der Waals surface area contributed by atoms with Gasteiger partial charge in [-0.3, -0.25) is 0 Å². The Morgan fingerprint density at radius 1 is 0.792 bits per heavy atom. The van der Waals surface area contributed by atoms with Crippen LogP contribution < -0.4 is 4.90 Å². The van der Waals surface area contributed by atoms with Crippen molar-refractivity contribution in [3.8, 4) is 0 Å². The van der Waals surface area contributed by atoms with Crippen molar-refractivity contribution in [2.24, 2.45) is 0 Å². The van der Waals surface area contributed by atoms with Gasteiger partial charge in [0.05, 0.1) is 16.1 Å². The predicted molar refractivity (Wildman–Crippen MR) is 97.0 cm³/mol. The molecule has 124 valence electrons. The van der Waals surface area contributed by atoms with Crippen molar-refractivity contribution in [3.63, 3.8) is 0 Å². The van der Waals surface area contributed by atoms with Gasteiger partial charge in [-0.2, -0.15) is 0 Å². The van der Waals surface area contributed by atoms with Crippen LogP contribution in [0.15, 0.2) is 65.7 Å². The summed E-state index contributed by atoms with van der Waals surface area (Å²) in [5.74, 6) is 0. The maximum absolute atomic E-state index is 13.1. The lowest BCUT2D eigenvalue weighted by atomic mass is 10.1. The lowest BCUT2D eigenvalue weighted by Gasteiger charge is -2.28. The Hall–Kier alpha value is -2.27. The molecule has 4 rings (SSSR count). The van der Waals surface area contributed by atoms with E-state index < -0.39 is 10.0 Å². The van der Waals surface area contributed by atoms with Crippen molar-refractivity contribution in [2.45, 2.75) is 24.2 Å². The van der Waals surface area contributed by atoms with Gasteiger partial charge in [0.1, 0.15) is 0 Å². The normalized spacial score (nSPS) is 15.8. The topological polar surface area (TPSA) is 42.3 Å². The second kappa shape index (κ2) is 5.98. The zero-order valence-electron chi connectivity index (χ0n) is 13.4. The highest BCUT2D eigenvalue weighted by Gasteiger charge is 2.23. The van der Waals surface area contributed by atoms with Crippen LogP contribution in [0.1, 0.15) is 19.3 Å². The van der Waals surface area contributed by atoms with Gasteiger partial charge in [-0.25, -0.2) is 12.4 Å². The standard InChI is InChI=1S/C19H20N2O2S/c22-24(23,16-9-3-1-4-10-16)21-15-19(20-13-7-2-8-14-20)17-11-5-6-12-18(17)21/h1,3-6,9-12,15H,2,7-8,13-14H2. The fourth-order valence-corrected chi connectivity index (χ4v) is 4.81. The summed E-state index contributed by atoms with van der Waals surface area (Å²) in [6.45, 7) is 1.97. The summed E-state index contributed by atoms with van der Waals surface area (Å²) in [4.78, 5) is 2.62. The molecule has 1 saturated heterocycles. The Labute approximate surface area is 142 Å². The average Bonchev–Trinajstić information content (AvgIpc) is 3.04. The molecule has 0 atom stereocenters. The van der Waals surface area contributed by atoms with Gasteiger partial charge >= 0.3 is 0 Å². The van der Waals surface area contributed by atoms with Crippen LogP contribution in [-0.4, -0.2) is 25.5 Å². The lowest BCUT2D eigenvalue weighted by molar-refractivity contribution is 0.577. The van der Waals surface area contributed by atoms with E-state index in [4.69, 9.17) is 0 Å². The number of hydrogen-bond donors (Lipinski definition) is 0. The third kappa shape index (κ3) is 2.49. The van der Waals surface area contributed by atoms with E-state index in [0.29, 0.717) is 4.90 Å². The predicted octanol–water partition coefficient (Wildman–Crippen LogP) is 3.87. The number of anilines is 1. The van der Waals surface area contributed by atoms with Gasteiger partial charge in [0.15, 0.2) is 0 Å². The summed E-state index contributed by atoms with van der Waals surface area (Å²) < 4.78 is 27.6. The molecule has 0 N–H and O–H groups in total. The Bertz CT molecular complexity index is 955. The van der Waals surface area contributed by atoms with Crippen LogP contribution in [0, 0.1) is 0 Å². The smallest absolute Gasteiger partial charge is 0.268 e. The van der Waals surface area contributed by atoms with Gasteiger partial charge in [-0.05, 0) is 37.5 Å². The van der Waals surface area contributed by atoms with E-state index in [1.54, 1.807) is 30.5 Å². The first kappa shape index (κ1) is 15.3. The second-order valence-electron chi connectivity index (χ2n) is 6.19. The number of piperidine rings is 1. The molecule has 0 saturated carbocycles. The highest BCUT2D eigenvalue weighted by Crippen LogP contribution is 2.33. The van der Waals surface area contributed by atoms with Crippen LogP contribution in [-0.2, 0) is 10.0 Å². The Balaban J connectivity index is 1.90. The van der Waals surface area contributed by atoms with Gasteiger partial charge in [0.2, 0.25) is 0 Å². The van der Waals surface area contributed by atoms with E-state index in [1.165, 1.54) is 10.4 Å². The molecule has 0 bridgehead atoms. The number of nitrogens with zero attached hydrogens (tertiary/aromatic N) is 2. The molecule has 0 unspecified atom stereocenters. The van der Waals surface area contributed by atoms with Crippen molar-refractivity contribution < 1.29 is 8.42 Å². The number of hydrogen-bond acceptors (Lipinski definition) is 3. The molecule has 2 heterocycles. The third-order valence-electron chi connectivity index (χ3n) is 4.65. The van der Waals surface area contributed by atoms with Crippen LogP contribution in [0.4, 0.5) is 5.69 Å². The molecular formula is C19H20N2O2S. The molecule has 3 aromatic rings. The summed E-state index contributed by atoms with van der Waals surface area (Å²) in [5, 5.41) is 0.999. The number of benzene rings is 2. The van der Waals surface area contributed by atoms with E-state index in [1.807, 2.05) is 30.3 Å². The first-order valence-electron chi connectivity index (χ1n) is 8.33. The maximum atomic E-state index is 13.1. The molecule has 2 aromatic carbocycles. The van der Waals surface area contributed by atoms with Crippen LogP contribution in [0.2, 0.25) is 0 Å². The molecule has 1 fully saturated rings. The van der Waals surface area contributed by atoms with Gasteiger partial charge < -0.3 is 4.90 Å². The minimum Gasteiger partial charge on any atom is -0.370 e. The minimum atomic E-state index is -3.59. The molecule has 1 aromatic heterocycles. The Kier molecular flexibility index (Phi) is 3.81. The first-order chi connectivity index (χ1) is 11.7. The third-order valence-corrected chi connectivity index (χ3v) is 6.34. The zero-order valence-corrected chi connectivity index (χ0v) is 14.2. The molecule has 1 aliphatic heterocycles. The molecule has 4 nitrogen and oxygen atoms in total. The SMILES string of the molecule is O=S(=O)(c1ccccc1)n1cc(N2CCCCC2)c2ccccc21. The maximum Gasteiger partial charge on any atom is 0.268 e. The second-order valence-corrected chi connectivity index (χ2v) is 8.01. The highest BCUT2D eigenvalue weighted by atomic mass is 32.2. The van der Waals surface area contributed by atoms with Gasteiger partial charge in [0, 0.05) is 24.7 Å². The van der Waals surface area contributed by atoms with Crippen molar-refractivity contribution >= 4 is 26.6 Å². The van der Waals surface area contributed by atoms with E-state index in [2.05, 4.69) is 4.90 Å². The summed E-state index contributed by atoms with van der Waals surface area (Å²) in [5.41, 5.74) is 1.76. The van der Waals surface area contributed by atoms with Gasteiger partial charge in [0.25, 0.3) is 10.0 Å². The van der Waals surface area contributed by atoms with E-state index >= 15 is 0 Å². The fourth-order valence-electron chi connectivity index (χ4n) is 3.42. The van der Waals surface area contributed by atoms with Gasteiger partial charge in [-0.1, -0.05) is 36.4 Å². The van der Waals surface area contributed by atoms with Gasteiger partial charge in [-0.15, -0.1) is 0 Å². The summed E-state index contributed by atoms with van der Waals surface area (Å²) >= 11 is 0. The van der Waals surface area contributed by atoms with Crippen molar-refractivity contribution in [3.05, 3.63) is 60.8 Å².